The zero-order chi connectivity index (χ0) is 20.1. The maximum absolute atomic E-state index is 12.0. The largest absolute Gasteiger partial charge is 0.481 e. The number of hydrogen-bond donors (Lipinski definition) is 1. The summed E-state index contributed by atoms with van der Waals surface area (Å²) >= 11 is 1.55. The molecule has 0 aromatic carbocycles. The molecule has 0 aliphatic carbocycles. The fourth-order valence-corrected chi connectivity index (χ4v) is 3.87. The van der Waals surface area contributed by atoms with Crippen LogP contribution in [0.1, 0.15) is 106 Å². The molecular weight excluding hydrogens is 360 g/mol. The summed E-state index contributed by atoms with van der Waals surface area (Å²) in [5.74, 6) is -0.902. The molecular formula is C22H36O4S. The van der Waals surface area contributed by atoms with Gasteiger partial charge in [0.15, 0.2) is 0 Å². The average molecular weight is 397 g/mol. The fraction of sp³-hybridized carbons (Fsp3) is 0.727. The van der Waals surface area contributed by atoms with Crippen LogP contribution >= 0.6 is 11.3 Å². The summed E-state index contributed by atoms with van der Waals surface area (Å²) in [6, 6.07) is 3.93. The van der Waals surface area contributed by atoms with Crippen LogP contribution in [-0.4, -0.2) is 22.6 Å². The summed E-state index contributed by atoms with van der Waals surface area (Å²) in [5, 5.41) is 8.58. The minimum absolute atomic E-state index is 0.221. The van der Waals surface area contributed by atoms with Gasteiger partial charge in [-0.2, -0.15) is 0 Å². The van der Waals surface area contributed by atoms with Gasteiger partial charge in [0.25, 0.3) is 0 Å². The first kappa shape index (κ1) is 23.7. The number of ether oxygens (including phenoxy) is 1. The van der Waals surface area contributed by atoms with Gasteiger partial charge < -0.3 is 9.84 Å². The molecule has 0 unspecified atom stereocenters. The molecule has 1 heterocycles. The van der Waals surface area contributed by atoms with Crippen LogP contribution in [0.2, 0.25) is 0 Å². The van der Waals surface area contributed by atoms with Crippen molar-refractivity contribution in [1.82, 2.24) is 0 Å². The third-order valence-electron chi connectivity index (χ3n) is 4.33. The van der Waals surface area contributed by atoms with E-state index < -0.39 is 11.6 Å². The molecule has 0 radical (unpaired) electrons. The molecule has 4 nitrogen and oxygen atoms in total. The molecule has 0 amide bonds. The van der Waals surface area contributed by atoms with Crippen molar-refractivity contribution < 1.29 is 19.4 Å². The van der Waals surface area contributed by atoms with Crippen LogP contribution in [-0.2, 0) is 16.0 Å². The minimum atomic E-state index is -0.682. The lowest BCUT2D eigenvalue weighted by molar-refractivity contribution is -0.137. The van der Waals surface area contributed by atoms with E-state index in [0.29, 0.717) is 11.3 Å². The van der Waals surface area contributed by atoms with E-state index in [1.807, 2.05) is 32.9 Å². The number of aliphatic carboxylic acids is 1. The van der Waals surface area contributed by atoms with Crippen molar-refractivity contribution in [2.24, 2.45) is 0 Å². The molecule has 0 bridgehead atoms. The molecule has 1 aromatic heterocycles. The Morgan fingerprint density at radius 3 is 1.93 bits per heavy atom. The van der Waals surface area contributed by atoms with Crippen LogP contribution in [0.25, 0.3) is 0 Å². The van der Waals surface area contributed by atoms with E-state index in [1.165, 1.54) is 49.8 Å². The van der Waals surface area contributed by atoms with Crippen molar-refractivity contribution in [2.45, 2.75) is 103 Å². The molecule has 154 valence electrons. The Morgan fingerprint density at radius 2 is 1.41 bits per heavy atom. The molecule has 5 heteroatoms. The summed E-state index contributed by atoms with van der Waals surface area (Å²) in [4.78, 5) is 24.4. The Bertz CT molecular complexity index is 557. The number of carbonyl (C=O) groups excluding carboxylic acids is 1. The van der Waals surface area contributed by atoms with Gasteiger partial charge in [-0.3, -0.25) is 4.79 Å². The molecule has 0 atom stereocenters. The second kappa shape index (κ2) is 12.9. The van der Waals surface area contributed by atoms with Crippen LogP contribution in [0.3, 0.4) is 0 Å². The zero-order valence-electron chi connectivity index (χ0n) is 17.2. The molecule has 0 fully saturated rings. The number of carboxylic acid groups (broad SMARTS) is 1. The highest BCUT2D eigenvalue weighted by Gasteiger charge is 2.19. The molecule has 0 spiro atoms. The number of esters is 1. The van der Waals surface area contributed by atoms with Crippen LogP contribution in [0.15, 0.2) is 12.1 Å². The molecule has 0 saturated heterocycles. The highest BCUT2D eigenvalue weighted by atomic mass is 32.1. The van der Waals surface area contributed by atoms with Crippen LogP contribution in [0.5, 0.6) is 0 Å². The van der Waals surface area contributed by atoms with Gasteiger partial charge in [0, 0.05) is 11.3 Å². The van der Waals surface area contributed by atoms with Crippen molar-refractivity contribution in [3.05, 3.63) is 21.9 Å². The smallest absolute Gasteiger partial charge is 0.348 e. The van der Waals surface area contributed by atoms with Gasteiger partial charge in [0.2, 0.25) is 0 Å². The van der Waals surface area contributed by atoms with Crippen molar-refractivity contribution in [1.29, 1.82) is 0 Å². The van der Waals surface area contributed by atoms with E-state index in [0.717, 1.165) is 25.7 Å². The SMILES string of the molecule is CC(C)(C)OC(=O)c1ccc(CCCCCCCCCCCCC(=O)O)s1. The monoisotopic (exact) mass is 396 g/mol. The molecule has 1 rings (SSSR count). The number of thiophene rings is 1. The molecule has 1 aromatic rings. The highest BCUT2D eigenvalue weighted by molar-refractivity contribution is 7.13. The number of unbranched alkanes of at least 4 members (excludes halogenated alkanes) is 9. The second-order valence-electron chi connectivity index (χ2n) is 8.20. The van der Waals surface area contributed by atoms with Crippen molar-refractivity contribution in [2.75, 3.05) is 0 Å². The van der Waals surface area contributed by atoms with E-state index in [-0.39, 0.29) is 5.97 Å². The van der Waals surface area contributed by atoms with E-state index >= 15 is 0 Å². The summed E-state index contributed by atoms with van der Waals surface area (Å²) in [7, 11) is 0. The number of rotatable bonds is 14. The Hall–Kier alpha value is -1.36. The summed E-state index contributed by atoms with van der Waals surface area (Å²) < 4.78 is 5.40. The van der Waals surface area contributed by atoms with Crippen molar-refractivity contribution >= 4 is 23.3 Å². The lowest BCUT2D eigenvalue weighted by Crippen LogP contribution is -2.23. The predicted octanol–water partition coefficient (Wildman–Crippen LogP) is 6.62. The third-order valence-corrected chi connectivity index (χ3v) is 5.45. The zero-order valence-corrected chi connectivity index (χ0v) is 18.0. The van der Waals surface area contributed by atoms with Crippen molar-refractivity contribution in [3.8, 4) is 0 Å². The van der Waals surface area contributed by atoms with Gasteiger partial charge in [0.05, 0.1) is 0 Å². The lowest BCUT2D eigenvalue weighted by Gasteiger charge is -2.18. The van der Waals surface area contributed by atoms with Gasteiger partial charge in [-0.25, -0.2) is 4.79 Å². The molecule has 27 heavy (non-hydrogen) atoms. The normalized spacial score (nSPS) is 11.5. The molecule has 0 aliphatic rings. The first-order valence-corrected chi connectivity index (χ1v) is 11.1. The third kappa shape index (κ3) is 12.6. The lowest BCUT2D eigenvalue weighted by atomic mass is 10.0. The quantitative estimate of drug-likeness (QED) is 0.283. The maximum atomic E-state index is 12.0. The first-order chi connectivity index (χ1) is 12.8. The Labute approximate surface area is 168 Å². The van der Waals surface area contributed by atoms with E-state index in [1.54, 1.807) is 11.3 Å². The van der Waals surface area contributed by atoms with Gasteiger partial charge in [0.1, 0.15) is 10.5 Å². The van der Waals surface area contributed by atoms with Gasteiger partial charge in [-0.05, 0) is 52.2 Å². The minimum Gasteiger partial charge on any atom is -0.481 e. The Kier molecular flexibility index (Phi) is 11.3. The number of carboxylic acids is 1. The predicted molar refractivity (Wildman–Crippen MR) is 112 cm³/mol. The molecule has 1 N–H and O–H groups in total. The number of carbonyl (C=O) groups is 2. The molecule has 0 aliphatic heterocycles. The van der Waals surface area contributed by atoms with Crippen LogP contribution < -0.4 is 0 Å². The topological polar surface area (TPSA) is 63.6 Å². The second-order valence-corrected chi connectivity index (χ2v) is 9.37. The average Bonchev–Trinajstić information content (AvgIpc) is 3.03. The summed E-state index contributed by atoms with van der Waals surface area (Å²) in [6.07, 6.45) is 13.1. The van der Waals surface area contributed by atoms with Gasteiger partial charge in [-0.15, -0.1) is 11.3 Å². The highest BCUT2D eigenvalue weighted by Crippen LogP contribution is 2.22. The Morgan fingerprint density at radius 1 is 0.889 bits per heavy atom. The summed E-state index contributed by atoms with van der Waals surface area (Å²) in [5.41, 5.74) is -0.445. The molecule has 0 saturated carbocycles. The maximum Gasteiger partial charge on any atom is 0.348 e. The van der Waals surface area contributed by atoms with Crippen molar-refractivity contribution in [3.63, 3.8) is 0 Å². The van der Waals surface area contributed by atoms with Crippen LogP contribution in [0, 0.1) is 0 Å². The van der Waals surface area contributed by atoms with E-state index in [2.05, 4.69) is 0 Å². The van der Waals surface area contributed by atoms with E-state index in [9.17, 15) is 9.59 Å². The fourth-order valence-electron chi connectivity index (χ4n) is 2.94. The number of aryl methyl sites for hydroxylation is 1. The standard InChI is InChI=1S/C22H36O4S/c1-22(2,3)26-21(25)19-17-16-18(27-19)14-12-10-8-6-4-5-7-9-11-13-15-20(23)24/h16-17H,4-15H2,1-3H3,(H,23,24). The Balaban J connectivity index is 2.00. The first-order valence-electron chi connectivity index (χ1n) is 10.3. The van der Waals surface area contributed by atoms with Crippen LogP contribution in [0.4, 0.5) is 0 Å². The van der Waals surface area contributed by atoms with Gasteiger partial charge in [-0.1, -0.05) is 51.4 Å². The van der Waals surface area contributed by atoms with Gasteiger partial charge >= 0.3 is 11.9 Å². The van der Waals surface area contributed by atoms with E-state index in [4.69, 9.17) is 9.84 Å². The number of hydrogen-bond acceptors (Lipinski definition) is 4. The summed E-state index contributed by atoms with van der Waals surface area (Å²) in [6.45, 7) is 5.66.